The van der Waals surface area contributed by atoms with Crippen LogP contribution in [0.2, 0.25) is 0 Å². The monoisotopic (exact) mass is 486 g/mol. The molecule has 0 fully saturated rings. The Morgan fingerprint density at radius 2 is 1.40 bits per heavy atom. The van der Waals surface area contributed by atoms with Gasteiger partial charge < -0.3 is 10.1 Å². The highest BCUT2D eigenvalue weighted by Crippen LogP contribution is 2.24. The zero-order valence-electron chi connectivity index (χ0n) is 19.5. The van der Waals surface area contributed by atoms with E-state index in [4.69, 9.17) is 4.74 Å². The number of benzene rings is 4. The minimum Gasteiger partial charge on any atom is -0.489 e. The first kappa shape index (κ1) is 24.0. The summed E-state index contributed by atoms with van der Waals surface area (Å²) < 4.78 is 34.2. The average Bonchev–Trinajstić information content (AvgIpc) is 2.86. The van der Waals surface area contributed by atoms with Gasteiger partial charge in [0.1, 0.15) is 12.4 Å². The van der Waals surface area contributed by atoms with E-state index in [0.29, 0.717) is 22.7 Å². The summed E-state index contributed by atoms with van der Waals surface area (Å²) in [6.45, 7) is 3.95. The molecule has 0 radical (unpaired) electrons. The molecule has 0 bridgehead atoms. The number of hydrogen-bond acceptors (Lipinski definition) is 4. The maximum Gasteiger partial charge on any atom is 0.261 e. The Balaban J connectivity index is 1.46. The summed E-state index contributed by atoms with van der Waals surface area (Å²) in [5.41, 5.74) is 3.96. The largest absolute Gasteiger partial charge is 0.489 e. The molecule has 0 aromatic heterocycles. The standard InChI is InChI=1S/C28H26N2O4S/c1-20-9-8-10-21(2)27(20)30-35(32,33)25-17-15-23(16-18-25)29-28(31)26-14-7-6-11-22(26)19-34-24-12-4-3-5-13-24/h3-18,30H,19H2,1-2H3,(H,29,31). The van der Waals surface area contributed by atoms with E-state index in [1.54, 1.807) is 24.3 Å². The van der Waals surface area contributed by atoms with Crippen LogP contribution < -0.4 is 14.8 Å². The summed E-state index contributed by atoms with van der Waals surface area (Å²) >= 11 is 0. The summed E-state index contributed by atoms with van der Waals surface area (Å²) in [7, 11) is -3.78. The predicted molar refractivity (Wildman–Crippen MR) is 138 cm³/mol. The zero-order valence-corrected chi connectivity index (χ0v) is 20.3. The first-order chi connectivity index (χ1) is 16.8. The second-order valence-electron chi connectivity index (χ2n) is 8.11. The van der Waals surface area contributed by atoms with Crippen LogP contribution in [-0.4, -0.2) is 14.3 Å². The molecule has 4 aromatic carbocycles. The highest BCUT2D eigenvalue weighted by molar-refractivity contribution is 7.92. The van der Waals surface area contributed by atoms with Gasteiger partial charge in [0.25, 0.3) is 15.9 Å². The maximum absolute atomic E-state index is 12.9. The van der Waals surface area contributed by atoms with Crippen LogP contribution in [0, 0.1) is 13.8 Å². The van der Waals surface area contributed by atoms with Crippen molar-refractivity contribution in [2.24, 2.45) is 0 Å². The number of nitrogens with one attached hydrogen (secondary N) is 2. The minimum atomic E-state index is -3.78. The van der Waals surface area contributed by atoms with Crippen molar-refractivity contribution >= 4 is 27.3 Å². The molecule has 4 rings (SSSR count). The van der Waals surface area contributed by atoms with Gasteiger partial charge in [-0.1, -0.05) is 54.6 Å². The van der Waals surface area contributed by atoms with E-state index in [-0.39, 0.29) is 17.4 Å². The molecule has 7 heteroatoms. The Labute approximate surface area is 205 Å². The van der Waals surface area contributed by atoms with Crippen LogP contribution >= 0.6 is 0 Å². The SMILES string of the molecule is Cc1cccc(C)c1NS(=O)(=O)c1ccc(NC(=O)c2ccccc2COc2ccccc2)cc1. The summed E-state index contributed by atoms with van der Waals surface area (Å²) in [4.78, 5) is 13.1. The molecular formula is C28H26N2O4S. The van der Waals surface area contributed by atoms with Crippen LogP contribution in [0.1, 0.15) is 27.0 Å². The van der Waals surface area contributed by atoms with Gasteiger partial charge in [-0.05, 0) is 67.4 Å². The number of sulfonamides is 1. The third kappa shape index (κ3) is 5.88. The van der Waals surface area contributed by atoms with E-state index in [2.05, 4.69) is 10.0 Å². The number of amides is 1. The Bertz CT molecular complexity index is 1410. The van der Waals surface area contributed by atoms with Gasteiger partial charge in [0.2, 0.25) is 0 Å². The number of hydrogen-bond donors (Lipinski definition) is 2. The number of carbonyl (C=O) groups is 1. The molecule has 0 saturated heterocycles. The minimum absolute atomic E-state index is 0.106. The van der Waals surface area contributed by atoms with E-state index in [9.17, 15) is 13.2 Å². The van der Waals surface area contributed by atoms with Crippen molar-refractivity contribution in [1.82, 2.24) is 0 Å². The molecule has 0 unspecified atom stereocenters. The number of carbonyl (C=O) groups excluding carboxylic acids is 1. The second-order valence-corrected chi connectivity index (χ2v) is 9.79. The molecule has 6 nitrogen and oxygen atoms in total. The van der Waals surface area contributed by atoms with Crippen molar-refractivity contribution in [3.8, 4) is 5.75 Å². The normalized spacial score (nSPS) is 11.0. The smallest absolute Gasteiger partial charge is 0.261 e. The average molecular weight is 487 g/mol. The highest BCUT2D eigenvalue weighted by atomic mass is 32.2. The molecule has 178 valence electrons. The molecule has 1 amide bonds. The number of anilines is 2. The van der Waals surface area contributed by atoms with Crippen LogP contribution in [-0.2, 0) is 16.6 Å². The van der Waals surface area contributed by atoms with E-state index >= 15 is 0 Å². The van der Waals surface area contributed by atoms with Crippen molar-refractivity contribution < 1.29 is 17.9 Å². The lowest BCUT2D eigenvalue weighted by molar-refractivity contribution is 0.102. The van der Waals surface area contributed by atoms with Crippen molar-refractivity contribution in [3.63, 3.8) is 0 Å². The van der Waals surface area contributed by atoms with Gasteiger partial charge in [-0.2, -0.15) is 0 Å². The highest BCUT2D eigenvalue weighted by Gasteiger charge is 2.17. The zero-order chi connectivity index (χ0) is 24.8. The van der Waals surface area contributed by atoms with Gasteiger partial charge in [-0.25, -0.2) is 8.42 Å². The van der Waals surface area contributed by atoms with E-state index in [1.165, 1.54) is 12.1 Å². The number of rotatable bonds is 8. The Morgan fingerprint density at radius 1 is 0.771 bits per heavy atom. The van der Waals surface area contributed by atoms with Crippen molar-refractivity contribution in [2.45, 2.75) is 25.3 Å². The van der Waals surface area contributed by atoms with Gasteiger partial charge in [0.15, 0.2) is 0 Å². The van der Waals surface area contributed by atoms with Crippen LogP contribution in [0.3, 0.4) is 0 Å². The first-order valence-electron chi connectivity index (χ1n) is 11.1. The third-order valence-electron chi connectivity index (χ3n) is 5.54. The quantitative estimate of drug-likeness (QED) is 0.323. The lowest BCUT2D eigenvalue weighted by Crippen LogP contribution is -2.16. The molecule has 0 aliphatic rings. The van der Waals surface area contributed by atoms with Crippen molar-refractivity contribution in [3.05, 3.63) is 119 Å². The molecule has 0 spiro atoms. The predicted octanol–water partition coefficient (Wildman–Crippen LogP) is 5.94. The Hall–Kier alpha value is -4.10. The summed E-state index contributed by atoms with van der Waals surface area (Å²) in [6.07, 6.45) is 0. The molecule has 35 heavy (non-hydrogen) atoms. The Morgan fingerprint density at radius 3 is 2.09 bits per heavy atom. The van der Waals surface area contributed by atoms with Crippen LogP contribution in [0.15, 0.2) is 102 Å². The lowest BCUT2D eigenvalue weighted by Gasteiger charge is -2.14. The van der Waals surface area contributed by atoms with Gasteiger partial charge in [0, 0.05) is 16.8 Å². The molecular weight excluding hydrogens is 460 g/mol. The second kappa shape index (κ2) is 10.4. The van der Waals surface area contributed by atoms with Gasteiger partial charge >= 0.3 is 0 Å². The topological polar surface area (TPSA) is 84.5 Å². The number of para-hydroxylation sites is 2. The molecule has 4 aromatic rings. The van der Waals surface area contributed by atoms with E-state index in [1.807, 2.05) is 74.5 Å². The van der Waals surface area contributed by atoms with Gasteiger partial charge in [-0.15, -0.1) is 0 Å². The third-order valence-corrected chi connectivity index (χ3v) is 6.91. The lowest BCUT2D eigenvalue weighted by atomic mass is 10.1. The summed E-state index contributed by atoms with van der Waals surface area (Å²) in [5, 5.41) is 2.83. The number of aryl methyl sites for hydroxylation is 2. The molecule has 0 saturated carbocycles. The van der Waals surface area contributed by atoms with Crippen molar-refractivity contribution in [1.29, 1.82) is 0 Å². The Kier molecular flexibility index (Phi) is 7.17. The number of ether oxygens (including phenoxy) is 1. The van der Waals surface area contributed by atoms with Crippen LogP contribution in [0.5, 0.6) is 5.75 Å². The van der Waals surface area contributed by atoms with Crippen molar-refractivity contribution in [2.75, 3.05) is 10.0 Å². The molecule has 2 N–H and O–H groups in total. The molecule has 0 aliphatic heterocycles. The molecule has 0 aliphatic carbocycles. The van der Waals surface area contributed by atoms with Crippen LogP contribution in [0.4, 0.5) is 11.4 Å². The fraction of sp³-hybridized carbons (Fsp3) is 0.107. The fourth-order valence-corrected chi connectivity index (χ4v) is 4.83. The maximum atomic E-state index is 12.9. The fourth-order valence-electron chi connectivity index (χ4n) is 3.63. The van der Waals surface area contributed by atoms with Gasteiger partial charge in [-0.3, -0.25) is 9.52 Å². The summed E-state index contributed by atoms with van der Waals surface area (Å²) in [6, 6.07) is 28.3. The van der Waals surface area contributed by atoms with Crippen LogP contribution in [0.25, 0.3) is 0 Å². The van der Waals surface area contributed by atoms with Gasteiger partial charge in [0.05, 0.1) is 10.6 Å². The van der Waals surface area contributed by atoms with E-state index < -0.39 is 10.0 Å². The summed E-state index contributed by atoms with van der Waals surface area (Å²) in [5.74, 6) is 0.413. The molecule has 0 heterocycles. The molecule has 0 atom stereocenters. The van der Waals surface area contributed by atoms with E-state index in [0.717, 1.165) is 16.7 Å². The first-order valence-corrected chi connectivity index (χ1v) is 12.6.